The van der Waals surface area contributed by atoms with E-state index in [4.69, 9.17) is 14.5 Å². The third-order valence-electron chi connectivity index (χ3n) is 4.83. The number of hydrogen-bond donors (Lipinski definition) is 1. The Morgan fingerprint density at radius 2 is 1.79 bits per heavy atom. The van der Waals surface area contributed by atoms with Gasteiger partial charge in [-0.05, 0) is 37.6 Å². The van der Waals surface area contributed by atoms with Gasteiger partial charge in [0.05, 0.1) is 41.4 Å². The van der Waals surface area contributed by atoms with Gasteiger partial charge in [-0.1, -0.05) is 29.0 Å². The highest BCUT2D eigenvalue weighted by atomic mass is 32.1. The van der Waals surface area contributed by atoms with Crippen LogP contribution in [0.4, 0.5) is 5.13 Å². The summed E-state index contributed by atoms with van der Waals surface area (Å²) in [7, 11) is 7.40. The van der Waals surface area contributed by atoms with Crippen LogP contribution in [-0.4, -0.2) is 52.3 Å². The Balaban J connectivity index is 2.11. The molecule has 0 spiro atoms. The minimum atomic E-state index is -0.0376. The zero-order valence-electron chi connectivity index (χ0n) is 17.8. The van der Waals surface area contributed by atoms with E-state index in [-0.39, 0.29) is 5.91 Å². The molecule has 1 heterocycles. The van der Waals surface area contributed by atoms with Crippen molar-refractivity contribution >= 4 is 32.6 Å². The van der Waals surface area contributed by atoms with Gasteiger partial charge in [0.15, 0.2) is 5.13 Å². The van der Waals surface area contributed by atoms with Crippen LogP contribution in [0.1, 0.15) is 21.5 Å². The molecule has 2 aromatic carbocycles. The number of nitrogens with zero attached hydrogens (tertiary/aromatic N) is 2. The first-order valence-electron chi connectivity index (χ1n) is 9.55. The number of hydrogen-bond acceptors (Lipinski definition) is 5. The quantitative estimate of drug-likeness (QED) is 0.646. The summed E-state index contributed by atoms with van der Waals surface area (Å²) < 4.78 is 11.9. The van der Waals surface area contributed by atoms with Crippen molar-refractivity contribution in [2.45, 2.75) is 13.8 Å². The largest absolute Gasteiger partial charge is 0.495 e. The number of aromatic nitrogens is 1. The van der Waals surface area contributed by atoms with Crippen LogP contribution in [0.2, 0.25) is 0 Å². The Morgan fingerprint density at radius 1 is 1.10 bits per heavy atom. The summed E-state index contributed by atoms with van der Waals surface area (Å²) in [6, 6.07) is 9.66. The van der Waals surface area contributed by atoms with Gasteiger partial charge >= 0.3 is 0 Å². The molecule has 0 saturated carbocycles. The predicted octanol–water partition coefficient (Wildman–Crippen LogP) is 2.72. The van der Waals surface area contributed by atoms with E-state index < -0.39 is 0 Å². The van der Waals surface area contributed by atoms with E-state index in [9.17, 15) is 4.79 Å². The maximum Gasteiger partial charge on any atom is 0.260 e. The van der Waals surface area contributed by atoms with Gasteiger partial charge in [0.2, 0.25) is 0 Å². The van der Waals surface area contributed by atoms with Gasteiger partial charge in [0, 0.05) is 5.56 Å². The van der Waals surface area contributed by atoms with Gasteiger partial charge in [-0.3, -0.25) is 9.69 Å². The lowest BCUT2D eigenvalue weighted by Crippen LogP contribution is -3.06. The number of likely N-dealkylation sites (N-methyl/N-ethyl adjacent to an activating group) is 1. The van der Waals surface area contributed by atoms with Gasteiger partial charge in [0.1, 0.15) is 21.7 Å². The Kier molecular flexibility index (Phi) is 6.39. The third kappa shape index (κ3) is 4.36. The standard InChI is InChI=1S/C22H27N3O3S/c1-14-7-8-15(2)16(13-14)21(26)25(12-11-24(3)4)22-23-19-17(27-5)9-10-18(28-6)20(19)29-22/h7-10,13H,11-12H2,1-6H3/p+1. The maximum absolute atomic E-state index is 13.5. The van der Waals surface area contributed by atoms with Crippen molar-refractivity contribution in [1.29, 1.82) is 0 Å². The molecule has 0 bridgehead atoms. The molecule has 0 aliphatic rings. The van der Waals surface area contributed by atoms with Crippen molar-refractivity contribution in [3.8, 4) is 11.5 Å². The fourth-order valence-corrected chi connectivity index (χ4v) is 4.22. The smallest absolute Gasteiger partial charge is 0.260 e. The Hall–Kier alpha value is -2.64. The van der Waals surface area contributed by atoms with Crippen molar-refractivity contribution in [1.82, 2.24) is 4.98 Å². The van der Waals surface area contributed by atoms with Gasteiger partial charge < -0.3 is 14.4 Å². The molecule has 3 aromatic rings. The number of methoxy groups -OCH3 is 2. The van der Waals surface area contributed by atoms with Crippen molar-refractivity contribution in [3.63, 3.8) is 0 Å². The van der Waals surface area contributed by atoms with Crippen LogP contribution < -0.4 is 19.3 Å². The highest BCUT2D eigenvalue weighted by Crippen LogP contribution is 2.40. The van der Waals surface area contributed by atoms with Gasteiger partial charge in [0.25, 0.3) is 5.91 Å². The lowest BCUT2D eigenvalue weighted by Gasteiger charge is -2.21. The van der Waals surface area contributed by atoms with Gasteiger partial charge in [-0.15, -0.1) is 0 Å². The van der Waals surface area contributed by atoms with Crippen molar-refractivity contribution in [3.05, 3.63) is 47.0 Å². The number of carbonyl (C=O) groups is 1. The summed E-state index contributed by atoms with van der Waals surface area (Å²) in [5.41, 5.74) is 3.43. The monoisotopic (exact) mass is 414 g/mol. The van der Waals surface area contributed by atoms with Crippen LogP contribution in [0.25, 0.3) is 10.2 Å². The van der Waals surface area contributed by atoms with E-state index in [0.29, 0.717) is 28.5 Å². The first-order valence-corrected chi connectivity index (χ1v) is 10.4. The van der Waals surface area contributed by atoms with E-state index in [1.165, 1.54) is 16.2 Å². The summed E-state index contributed by atoms with van der Waals surface area (Å²) >= 11 is 1.45. The number of nitrogens with one attached hydrogen (secondary N) is 1. The van der Waals surface area contributed by atoms with E-state index in [0.717, 1.165) is 28.1 Å². The molecule has 0 aliphatic carbocycles. The molecule has 0 fully saturated rings. The first-order chi connectivity index (χ1) is 13.8. The Labute approximate surface area is 175 Å². The Morgan fingerprint density at radius 3 is 2.45 bits per heavy atom. The summed E-state index contributed by atoms with van der Waals surface area (Å²) in [4.78, 5) is 21.4. The van der Waals surface area contributed by atoms with Crippen LogP contribution in [0.5, 0.6) is 11.5 Å². The zero-order chi connectivity index (χ0) is 21.1. The topological polar surface area (TPSA) is 56.1 Å². The SMILES string of the molecule is COc1ccc(OC)c2sc(N(CC[NH+](C)C)C(=O)c3cc(C)ccc3C)nc12. The van der Waals surface area contributed by atoms with Crippen molar-refractivity contribution in [2.24, 2.45) is 0 Å². The fraction of sp³-hybridized carbons (Fsp3) is 0.364. The number of thiazole rings is 1. The molecule has 6 nitrogen and oxygen atoms in total. The van der Waals surface area contributed by atoms with Crippen LogP contribution in [-0.2, 0) is 0 Å². The normalized spacial score (nSPS) is 11.1. The number of benzene rings is 2. The molecule has 3 rings (SSSR count). The molecule has 154 valence electrons. The number of quaternary nitrogens is 1. The number of anilines is 1. The highest BCUT2D eigenvalue weighted by molar-refractivity contribution is 7.22. The lowest BCUT2D eigenvalue weighted by atomic mass is 10.0. The number of amides is 1. The molecular formula is C22H28N3O3S+. The maximum atomic E-state index is 13.5. The molecule has 1 aromatic heterocycles. The average Bonchev–Trinajstić information content (AvgIpc) is 3.13. The van der Waals surface area contributed by atoms with Gasteiger partial charge in [-0.2, -0.15) is 0 Å². The minimum absolute atomic E-state index is 0.0376. The average molecular weight is 415 g/mol. The zero-order valence-corrected chi connectivity index (χ0v) is 18.6. The summed E-state index contributed by atoms with van der Waals surface area (Å²) in [5.74, 6) is 1.35. The number of ether oxygens (including phenoxy) is 2. The minimum Gasteiger partial charge on any atom is -0.495 e. The summed E-state index contributed by atoms with van der Waals surface area (Å²) in [6.07, 6.45) is 0. The molecule has 1 N–H and O–H groups in total. The van der Waals surface area contributed by atoms with E-state index >= 15 is 0 Å². The van der Waals surface area contributed by atoms with Crippen LogP contribution in [0.3, 0.4) is 0 Å². The Bertz CT molecular complexity index is 989. The molecule has 7 heteroatoms. The molecule has 0 aliphatic heterocycles. The van der Waals surface area contributed by atoms with Crippen LogP contribution in [0, 0.1) is 13.8 Å². The van der Waals surface area contributed by atoms with Crippen molar-refractivity contribution < 1.29 is 19.2 Å². The molecule has 29 heavy (non-hydrogen) atoms. The fourth-order valence-electron chi connectivity index (χ4n) is 3.12. The van der Waals surface area contributed by atoms with E-state index in [2.05, 4.69) is 14.1 Å². The van der Waals surface area contributed by atoms with Crippen LogP contribution in [0.15, 0.2) is 30.3 Å². The highest BCUT2D eigenvalue weighted by Gasteiger charge is 2.25. The molecule has 0 unspecified atom stereocenters. The second-order valence-corrected chi connectivity index (χ2v) is 8.35. The molecule has 1 amide bonds. The van der Waals surface area contributed by atoms with E-state index in [1.807, 2.05) is 44.2 Å². The number of carbonyl (C=O) groups excluding carboxylic acids is 1. The lowest BCUT2D eigenvalue weighted by molar-refractivity contribution is -0.856. The van der Waals surface area contributed by atoms with Crippen LogP contribution >= 0.6 is 11.3 Å². The second-order valence-electron chi connectivity index (χ2n) is 7.38. The van der Waals surface area contributed by atoms with E-state index in [1.54, 1.807) is 19.1 Å². The summed E-state index contributed by atoms with van der Waals surface area (Å²) in [5, 5.41) is 0.648. The predicted molar refractivity (Wildman–Crippen MR) is 118 cm³/mol. The first kappa shape index (κ1) is 21.1. The third-order valence-corrected chi connectivity index (χ3v) is 5.93. The van der Waals surface area contributed by atoms with Crippen molar-refractivity contribution in [2.75, 3.05) is 46.3 Å². The summed E-state index contributed by atoms with van der Waals surface area (Å²) in [6.45, 7) is 5.34. The molecule has 0 atom stereocenters. The number of fused-ring (bicyclic) bond motifs is 1. The number of aryl methyl sites for hydroxylation is 2. The molecule has 0 saturated heterocycles. The second kappa shape index (κ2) is 8.80. The van der Waals surface area contributed by atoms with Gasteiger partial charge in [-0.25, -0.2) is 4.98 Å². The molecular weight excluding hydrogens is 386 g/mol. The molecule has 0 radical (unpaired) electrons. The number of rotatable bonds is 7.